The number of aliphatic hydroxyl groups is 1. The van der Waals surface area contributed by atoms with Gasteiger partial charge in [0.2, 0.25) is 5.78 Å². The highest BCUT2D eigenvalue weighted by Crippen LogP contribution is 2.46. The van der Waals surface area contributed by atoms with E-state index >= 15 is 0 Å². The lowest BCUT2D eigenvalue weighted by Gasteiger charge is -2.31. The van der Waals surface area contributed by atoms with Crippen LogP contribution in [0.15, 0.2) is 30.3 Å². The highest BCUT2D eigenvalue weighted by molar-refractivity contribution is 6.06. The normalized spacial score (nSPS) is 18.6. The lowest BCUT2D eigenvalue weighted by molar-refractivity contribution is 0.0209. The predicted octanol–water partition coefficient (Wildman–Crippen LogP) is 3.46. The van der Waals surface area contributed by atoms with E-state index in [4.69, 9.17) is 14.2 Å². The second kappa shape index (κ2) is 8.05. The maximum Gasteiger partial charge on any atom is 0.202 e. The minimum atomic E-state index is -1.56. The Bertz CT molecular complexity index is 962. The number of phenolic OH excluding ortho intramolecular Hbond substituents is 2. The summed E-state index contributed by atoms with van der Waals surface area (Å²) in [6.45, 7) is 3.95. The number of fused-ring (bicyclic) bond motifs is 1. The monoisotopic (exact) mass is 400 g/mol. The number of phenols is 2. The van der Waals surface area contributed by atoms with Gasteiger partial charge >= 0.3 is 0 Å². The maximum absolute atomic E-state index is 12.9. The highest BCUT2D eigenvalue weighted by Gasteiger charge is 2.40. The lowest BCUT2D eigenvalue weighted by Crippen LogP contribution is -2.36. The third-order valence-electron chi connectivity index (χ3n) is 4.72. The van der Waals surface area contributed by atoms with Crippen molar-refractivity contribution in [3.05, 3.63) is 47.0 Å². The van der Waals surface area contributed by atoms with Gasteiger partial charge < -0.3 is 29.5 Å². The summed E-state index contributed by atoms with van der Waals surface area (Å²) in [5, 5.41) is 31.3. The molecule has 29 heavy (non-hydrogen) atoms. The van der Waals surface area contributed by atoms with Crippen molar-refractivity contribution in [2.45, 2.75) is 26.1 Å². The minimum absolute atomic E-state index is 0.0941. The molecule has 0 unspecified atom stereocenters. The Balaban J connectivity index is 2.08. The molecule has 0 bridgehead atoms. The van der Waals surface area contributed by atoms with Crippen LogP contribution in [0.2, 0.25) is 0 Å². The average molecular weight is 400 g/mol. The van der Waals surface area contributed by atoms with Crippen LogP contribution in [0.1, 0.15) is 41.4 Å². The van der Waals surface area contributed by atoms with Gasteiger partial charge in [-0.25, -0.2) is 0 Å². The van der Waals surface area contributed by atoms with E-state index in [0.717, 1.165) is 0 Å². The molecule has 1 aliphatic rings. The van der Waals surface area contributed by atoms with Gasteiger partial charge in [-0.2, -0.15) is 0 Å². The summed E-state index contributed by atoms with van der Waals surface area (Å²) in [5.41, 5.74) is 0.623. The molecule has 2 atom stereocenters. The third kappa shape index (κ3) is 3.73. The molecule has 2 aromatic carbocycles. The van der Waals surface area contributed by atoms with E-state index < -0.39 is 18.0 Å². The largest absolute Gasteiger partial charge is 0.506 e. The number of aromatic hydroxyl groups is 2. The Kier molecular flexibility index (Phi) is 5.70. The highest BCUT2D eigenvalue weighted by atomic mass is 16.5. The summed E-state index contributed by atoms with van der Waals surface area (Å²) in [5.74, 6) is -0.224. The van der Waals surface area contributed by atoms with Gasteiger partial charge in [0, 0.05) is 6.07 Å². The molecule has 7 nitrogen and oxygen atoms in total. The van der Waals surface area contributed by atoms with Crippen LogP contribution in [0.5, 0.6) is 28.7 Å². The van der Waals surface area contributed by atoms with E-state index in [1.807, 2.05) is 19.9 Å². The maximum atomic E-state index is 12.9. The van der Waals surface area contributed by atoms with Crippen molar-refractivity contribution in [1.82, 2.24) is 0 Å². The van der Waals surface area contributed by atoms with Crippen LogP contribution < -0.4 is 14.2 Å². The molecule has 0 saturated heterocycles. The summed E-state index contributed by atoms with van der Waals surface area (Å²) in [7, 11) is 2.87. The Hall–Kier alpha value is -3.19. The van der Waals surface area contributed by atoms with Crippen molar-refractivity contribution in [2.75, 3.05) is 14.2 Å². The molecule has 0 spiro atoms. The molecule has 3 N–H and O–H groups in total. The fraction of sp³-hybridized carbons (Fsp3) is 0.318. The van der Waals surface area contributed by atoms with Gasteiger partial charge in [0.1, 0.15) is 22.8 Å². The first kappa shape index (κ1) is 20.5. The number of rotatable bonds is 5. The number of hydrogen-bond donors (Lipinski definition) is 3. The van der Waals surface area contributed by atoms with Crippen LogP contribution in [0.25, 0.3) is 6.08 Å². The van der Waals surface area contributed by atoms with Gasteiger partial charge in [-0.1, -0.05) is 32.1 Å². The number of ether oxygens (including phenoxy) is 3. The third-order valence-corrected chi connectivity index (χ3v) is 4.72. The summed E-state index contributed by atoms with van der Waals surface area (Å²) in [4.78, 5) is 12.9. The van der Waals surface area contributed by atoms with Gasteiger partial charge in [0.05, 0.1) is 19.8 Å². The number of benzene rings is 2. The van der Waals surface area contributed by atoms with Gasteiger partial charge in [-0.15, -0.1) is 0 Å². The molecule has 1 heterocycles. The molecular weight excluding hydrogens is 376 g/mol. The second-order valence-corrected chi connectivity index (χ2v) is 7.10. The Labute approximate surface area is 168 Å². The average Bonchev–Trinajstić information content (AvgIpc) is 2.69. The molecule has 0 amide bonds. The molecule has 0 aromatic heterocycles. The summed E-state index contributed by atoms with van der Waals surface area (Å²) in [6, 6.07) is 5.97. The zero-order chi connectivity index (χ0) is 21.3. The van der Waals surface area contributed by atoms with Crippen LogP contribution in [0, 0.1) is 5.92 Å². The summed E-state index contributed by atoms with van der Waals surface area (Å²) >= 11 is 0. The molecule has 1 aliphatic heterocycles. The minimum Gasteiger partial charge on any atom is -0.506 e. The van der Waals surface area contributed by atoms with Crippen molar-refractivity contribution in [2.24, 2.45) is 5.92 Å². The molecule has 0 fully saturated rings. The molecule has 0 aliphatic carbocycles. The number of ketones is 1. The van der Waals surface area contributed by atoms with Gasteiger partial charge in [0.15, 0.2) is 23.7 Å². The number of hydrogen-bond acceptors (Lipinski definition) is 7. The number of carbonyl (C=O) groups excluding carboxylic acids is 1. The Morgan fingerprint density at radius 1 is 1.10 bits per heavy atom. The number of allylic oxidation sites excluding steroid dienone is 1. The quantitative estimate of drug-likeness (QED) is 0.706. The predicted molar refractivity (Wildman–Crippen MR) is 107 cm³/mol. The number of Topliss-reactive ketones (excluding diaryl/α,β-unsaturated/α-hetero) is 1. The molecule has 0 saturated carbocycles. The van der Waals surface area contributed by atoms with Gasteiger partial charge in [-0.05, 0) is 23.6 Å². The van der Waals surface area contributed by atoms with E-state index in [1.165, 1.54) is 32.4 Å². The van der Waals surface area contributed by atoms with Crippen molar-refractivity contribution in [3.8, 4) is 28.7 Å². The standard InChI is InChI=1S/C22H24O7/c1-11(2)5-7-13-16(28-4)10-17-18(19(13)24)20(25)21(26)22(29-17)12-6-8-15(27-3)14(23)9-12/h5-11,21-24,26H,1-4H3/b7-5+/t21-,22+/m0/s1. The van der Waals surface area contributed by atoms with E-state index in [2.05, 4.69) is 0 Å². The van der Waals surface area contributed by atoms with Gasteiger partial charge in [0.25, 0.3) is 0 Å². The van der Waals surface area contributed by atoms with Crippen molar-refractivity contribution in [1.29, 1.82) is 0 Å². The number of carbonyl (C=O) groups is 1. The molecule has 0 radical (unpaired) electrons. The van der Waals surface area contributed by atoms with E-state index in [-0.39, 0.29) is 34.5 Å². The summed E-state index contributed by atoms with van der Waals surface area (Å²) < 4.78 is 16.2. The van der Waals surface area contributed by atoms with Crippen molar-refractivity contribution in [3.63, 3.8) is 0 Å². The van der Waals surface area contributed by atoms with Crippen LogP contribution in [0.4, 0.5) is 0 Å². The number of methoxy groups -OCH3 is 2. The van der Waals surface area contributed by atoms with Crippen molar-refractivity contribution < 1.29 is 34.3 Å². The van der Waals surface area contributed by atoms with Crippen LogP contribution >= 0.6 is 0 Å². The zero-order valence-electron chi connectivity index (χ0n) is 16.7. The van der Waals surface area contributed by atoms with Crippen LogP contribution in [-0.4, -0.2) is 41.4 Å². The Morgan fingerprint density at radius 3 is 2.38 bits per heavy atom. The molecular formula is C22H24O7. The molecule has 3 rings (SSSR count). The fourth-order valence-corrected chi connectivity index (χ4v) is 3.21. The lowest BCUT2D eigenvalue weighted by atomic mass is 9.91. The SMILES string of the molecule is COc1ccc([C@H]2Oc3cc(OC)c(/C=C/C(C)C)c(O)c3C(=O)[C@@H]2O)cc1O. The number of aliphatic hydroxyl groups excluding tert-OH is 1. The Morgan fingerprint density at radius 2 is 1.79 bits per heavy atom. The smallest absolute Gasteiger partial charge is 0.202 e. The molecule has 7 heteroatoms. The van der Waals surface area contributed by atoms with Crippen LogP contribution in [-0.2, 0) is 0 Å². The van der Waals surface area contributed by atoms with Gasteiger partial charge in [-0.3, -0.25) is 4.79 Å². The van der Waals surface area contributed by atoms with Crippen LogP contribution in [0.3, 0.4) is 0 Å². The molecule has 154 valence electrons. The molecule has 2 aromatic rings. The first-order valence-electron chi connectivity index (χ1n) is 9.16. The first-order chi connectivity index (χ1) is 13.8. The van der Waals surface area contributed by atoms with E-state index in [9.17, 15) is 20.1 Å². The first-order valence-corrected chi connectivity index (χ1v) is 9.16. The fourth-order valence-electron chi connectivity index (χ4n) is 3.21. The van der Waals surface area contributed by atoms with Crippen molar-refractivity contribution >= 4 is 11.9 Å². The second-order valence-electron chi connectivity index (χ2n) is 7.10. The van der Waals surface area contributed by atoms with E-state index in [1.54, 1.807) is 12.1 Å². The van der Waals surface area contributed by atoms with E-state index in [0.29, 0.717) is 16.9 Å². The zero-order valence-corrected chi connectivity index (χ0v) is 16.7. The topological polar surface area (TPSA) is 105 Å². The summed E-state index contributed by atoms with van der Waals surface area (Å²) in [6.07, 6.45) is 0.911.